The summed E-state index contributed by atoms with van der Waals surface area (Å²) in [6.45, 7) is 0. The highest BCUT2D eigenvalue weighted by atomic mass is 16.5. The van der Waals surface area contributed by atoms with Crippen LogP contribution >= 0.6 is 0 Å². The number of carbonyl (C=O) groups excluding carboxylic acids is 1. The molecule has 0 spiro atoms. The molecule has 2 heterocycles. The first-order valence-corrected chi connectivity index (χ1v) is 4.50. The molecule has 16 heavy (non-hydrogen) atoms. The van der Waals surface area contributed by atoms with Crippen molar-refractivity contribution in [2.24, 2.45) is 7.05 Å². The molecule has 0 atom stereocenters. The number of rotatable bonds is 3. The first kappa shape index (κ1) is 10.2. The van der Waals surface area contributed by atoms with Gasteiger partial charge in [-0.05, 0) is 0 Å². The van der Waals surface area contributed by atoms with Crippen molar-refractivity contribution in [3.63, 3.8) is 0 Å². The average Bonchev–Trinajstić information content (AvgIpc) is 2.86. The molecule has 1 amide bonds. The van der Waals surface area contributed by atoms with Crippen molar-refractivity contribution < 1.29 is 14.1 Å². The Morgan fingerprint density at radius 2 is 2.44 bits per heavy atom. The summed E-state index contributed by atoms with van der Waals surface area (Å²) in [4.78, 5) is 11.8. The summed E-state index contributed by atoms with van der Waals surface area (Å²) in [5.74, 6) is 0.262. The van der Waals surface area contributed by atoms with Crippen LogP contribution in [0.3, 0.4) is 0 Å². The van der Waals surface area contributed by atoms with E-state index < -0.39 is 0 Å². The van der Waals surface area contributed by atoms with Crippen LogP contribution in [0.25, 0.3) is 0 Å². The summed E-state index contributed by atoms with van der Waals surface area (Å²) < 4.78 is 11.1. The van der Waals surface area contributed by atoms with Gasteiger partial charge in [0.25, 0.3) is 5.91 Å². The van der Waals surface area contributed by atoms with Crippen molar-refractivity contribution in [1.82, 2.24) is 14.9 Å². The number of nitrogens with zero attached hydrogens (tertiary/aromatic N) is 3. The summed E-state index contributed by atoms with van der Waals surface area (Å²) in [5.41, 5.74) is 0.341. The Kier molecular flexibility index (Phi) is 2.59. The standard InChI is InChI=1S/C9H10N4O3/c1-13-5-6(9(11-13)15-2)8(14)10-7-3-4-16-12-7/h3-5H,1-2H3,(H,10,12,14). The maximum atomic E-state index is 11.8. The lowest BCUT2D eigenvalue weighted by Gasteiger charge is -1.99. The normalized spacial score (nSPS) is 10.1. The van der Waals surface area contributed by atoms with E-state index in [2.05, 4.69) is 20.1 Å². The fourth-order valence-corrected chi connectivity index (χ4v) is 1.24. The van der Waals surface area contributed by atoms with E-state index in [1.54, 1.807) is 19.3 Å². The van der Waals surface area contributed by atoms with Crippen molar-refractivity contribution in [2.75, 3.05) is 12.4 Å². The second-order valence-electron chi connectivity index (χ2n) is 3.06. The van der Waals surface area contributed by atoms with Crippen LogP contribution in [-0.2, 0) is 7.05 Å². The maximum absolute atomic E-state index is 11.8. The number of ether oxygens (including phenoxy) is 1. The first-order valence-electron chi connectivity index (χ1n) is 4.50. The van der Waals surface area contributed by atoms with E-state index in [0.29, 0.717) is 11.4 Å². The number of nitrogens with one attached hydrogen (secondary N) is 1. The van der Waals surface area contributed by atoms with E-state index >= 15 is 0 Å². The summed E-state index contributed by atoms with van der Waals surface area (Å²) in [6, 6.07) is 1.54. The molecule has 0 saturated heterocycles. The Morgan fingerprint density at radius 1 is 1.62 bits per heavy atom. The number of aryl methyl sites for hydroxylation is 1. The van der Waals surface area contributed by atoms with E-state index in [-0.39, 0.29) is 11.8 Å². The number of anilines is 1. The largest absolute Gasteiger partial charge is 0.479 e. The summed E-state index contributed by atoms with van der Waals surface area (Å²) in [6.07, 6.45) is 2.93. The smallest absolute Gasteiger partial charge is 0.264 e. The van der Waals surface area contributed by atoms with Crippen LogP contribution in [0.15, 0.2) is 23.0 Å². The molecule has 0 aliphatic carbocycles. The quantitative estimate of drug-likeness (QED) is 0.825. The molecule has 0 saturated carbocycles. The molecule has 2 rings (SSSR count). The summed E-state index contributed by atoms with van der Waals surface area (Å²) in [5, 5.41) is 10.1. The fraction of sp³-hybridized carbons (Fsp3) is 0.222. The van der Waals surface area contributed by atoms with Gasteiger partial charge in [0.2, 0.25) is 5.88 Å². The third-order valence-electron chi connectivity index (χ3n) is 1.91. The lowest BCUT2D eigenvalue weighted by Crippen LogP contribution is -2.12. The van der Waals surface area contributed by atoms with Gasteiger partial charge in [0.05, 0.1) is 7.11 Å². The number of methoxy groups -OCH3 is 1. The molecule has 2 aromatic rings. The molecular formula is C9H10N4O3. The van der Waals surface area contributed by atoms with Crippen molar-refractivity contribution in [2.45, 2.75) is 0 Å². The molecule has 0 fully saturated rings. The second-order valence-corrected chi connectivity index (χ2v) is 3.06. The monoisotopic (exact) mass is 222 g/mol. The predicted molar refractivity (Wildman–Crippen MR) is 54.2 cm³/mol. The summed E-state index contributed by atoms with van der Waals surface area (Å²) >= 11 is 0. The second kappa shape index (κ2) is 4.05. The number of amides is 1. The van der Waals surface area contributed by atoms with Crippen LogP contribution in [0.5, 0.6) is 5.88 Å². The third kappa shape index (κ3) is 1.88. The Balaban J connectivity index is 2.20. The predicted octanol–water partition coefficient (Wildman–Crippen LogP) is 0.669. The zero-order valence-corrected chi connectivity index (χ0v) is 8.80. The van der Waals surface area contributed by atoms with Gasteiger partial charge in [-0.15, -0.1) is 5.10 Å². The van der Waals surface area contributed by atoms with Crippen LogP contribution in [0.4, 0.5) is 5.82 Å². The van der Waals surface area contributed by atoms with Gasteiger partial charge in [-0.25, -0.2) is 0 Å². The van der Waals surface area contributed by atoms with E-state index in [4.69, 9.17) is 4.74 Å². The van der Waals surface area contributed by atoms with Gasteiger partial charge in [0.1, 0.15) is 11.8 Å². The maximum Gasteiger partial charge on any atom is 0.264 e. The van der Waals surface area contributed by atoms with E-state index in [1.807, 2.05) is 0 Å². The molecule has 0 unspecified atom stereocenters. The van der Waals surface area contributed by atoms with Gasteiger partial charge in [-0.1, -0.05) is 5.16 Å². The van der Waals surface area contributed by atoms with Gasteiger partial charge < -0.3 is 14.6 Å². The minimum Gasteiger partial charge on any atom is -0.479 e. The molecule has 1 N–H and O–H groups in total. The zero-order valence-electron chi connectivity index (χ0n) is 8.80. The minimum absolute atomic E-state index is 0.267. The van der Waals surface area contributed by atoms with Crippen LogP contribution < -0.4 is 10.1 Å². The van der Waals surface area contributed by atoms with Crippen molar-refractivity contribution in [3.05, 3.63) is 24.1 Å². The average molecular weight is 222 g/mol. The fourth-order valence-electron chi connectivity index (χ4n) is 1.24. The van der Waals surface area contributed by atoms with Crippen LogP contribution in [0.1, 0.15) is 10.4 Å². The van der Waals surface area contributed by atoms with Gasteiger partial charge in [0.15, 0.2) is 5.82 Å². The molecular weight excluding hydrogens is 212 g/mol. The van der Waals surface area contributed by atoms with E-state index in [1.165, 1.54) is 18.1 Å². The topological polar surface area (TPSA) is 82.2 Å². The molecule has 84 valence electrons. The lowest BCUT2D eigenvalue weighted by molar-refractivity contribution is 0.102. The molecule has 0 aliphatic rings. The molecule has 7 nitrogen and oxygen atoms in total. The summed E-state index contributed by atoms with van der Waals surface area (Å²) in [7, 11) is 3.16. The van der Waals surface area contributed by atoms with Gasteiger partial charge in [0, 0.05) is 19.3 Å². The highest BCUT2D eigenvalue weighted by Crippen LogP contribution is 2.16. The van der Waals surface area contributed by atoms with Crippen molar-refractivity contribution >= 4 is 11.7 Å². The third-order valence-corrected chi connectivity index (χ3v) is 1.91. The van der Waals surface area contributed by atoms with Crippen molar-refractivity contribution in [1.29, 1.82) is 0 Å². The van der Waals surface area contributed by atoms with Gasteiger partial charge >= 0.3 is 0 Å². The number of carbonyl (C=O) groups is 1. The van der Waals surface area contributed by atoms with Crippen molar-refractivity contribution in [3.8, 4) is 5.88 Å². The Labute approximate surface area is 91.0 Å². The highest BCUT2D eigenvalue weighted by Gasteiger charge is 2.17. The number of hydrogen-bond acceptors (Lipinski definition) is 5. The Morgan fingerprint density at radius 3 is 3.06 bits per heavy atom. The Bertz CT molecular complexity index is 489. The number of hydrogen-bond donors (Lipinski definition) is 1. The highest BCUT2D eigenvalue weighted by molar-refractivity contribution is 6.05. The van der Waals surface area contributed by atoms with Crippen LogP contribution in [0, 0.1) is 0 Å². The van der Waals surface area contributed by atoms with Gasteiger partial charge in [-0.2, -0.15) is 0 Å². The number of aromatic nitrogens is 3. The van der Waals surface area contributed by atoms with Crippen LogP contribution in [-0.4, -0.2) is 28.0 Å². The Hall–Kier alpha value is -2.31. The molecule has 7 heteroatoms. The molecule has 0 bridgehead atoms. The van der Waals surface area contributed by atoms with Crippen LogP contribution in [0.2, 0.25) is 0 Å². The lowest BCUT2D eigenvalue weighted by atomic mass is 10.3. The molecule has 0 aromatic carbocycles. The molecule has 0 aliphatic heterocycles. The SMILES string of the molecule is COc1nn(C)cc1C(=O)Nc1ccon1. The minimum atomic E-state index is -0.348. The van der Waals surface area contributed by atoms with E-state index in [9.17, 15) is 4.79 Å². The molecule has 2 aromatic heterocycles. The van der Waals surface area contributed by atoms with Gasteiger partial charge in [-0.3, -0.25) is 9.48 Å². The zero-order chi connectivity index (χ0) is 11.5. The first-order chi connectivity index (χ1) is 7.70. The van der Waals surface area contributed by atoms with E-state index in [0.717, 1.165) is 0 Å². The molecule has 0 radical (unpaired) electrons.